The maximum atomic E-state index is 11.9. The first-order valence-corrected chi connectivity index (χ1v) is 6.32. The van der Waals surface area contributed by atoms with Crippen LogP contribution < -0.4 is 11.1 Å². The third kappa shape index (κ3) is 2.64. The van der Waals surface area contributed by atoms with Crippen molar-refractivity contribution in [2.45, 2.75) is 44.6 Å². The van der Waals surface area contributed by atoms with Gasteiger partial charge < -0.3 is 11.1 Å². The fourth-order valence-corrected chi connectivity index (χ4v) is 2.51. The van der Waals surface area contributed by atoms with Crippen molar-refractivity contribution in [2.24, 2.45) is 17.6 Å². The first kappa shape index (κ1) is 11.6. The highest BCUT2D eigenvalue weighted by atomic mass is 16.1. The molecule has 90 valence electrons. The van der Waals surface area contributed by atoms with Crippen molar-refractivity contribution in [3.05, 3.63) is 12.2 Å². The molecule has 0 bridgehead atoms. The quantitative estimate of drug-likeness (QED) is 0.694. The molecule has 0 radical (unpaired) electrons. The lowest BCUT2D eigenvalue weighted by Gasteiger charge is -2.30. The molecule has 0 heterocycles. The monoisotopic (exact) mass is 222 g/mol. The minimum atomic E-state index is -0.167. The SMILES string of the molecule is CC(CN)(NC(=O)CC1C=CCC1)C1CC1. The smallest absolute Gasteiger partial charge is 0.221 e. The minimum absolute atomic E-state index is 0.163. The Bertz CT molecular complexity index is 296. The second-order valence-corrected chi connectivity index (χ2v) is 5.41. The van der Waals surface area contributed by atoms with Crippen molar-refractivity contribution in [2.75, 3.05) is 6.54 Å². The van der Waals surface area contributed by atoms with E-state index in [9.17, 15) is 4.79 Å². The summed E-state index contributed by atoms with van der Waals surface area (Å²) in [6.07, 6.45) is 9.61. The summed E-state index contributed by atoms with van der Waals surface area (Å²) in [7, 11) is 0. The van der Waals surface area contributed by atoms with Crippen LogP contribution >= 0.6 is 0 Å². The first-order chi connectivity index (χ1) is 7.64. The maximum absolute atomic E-state index is 11.9. The zero-order valence-corrected chi connectivity index (χ0v) is 10.0. The standard InChI is InChI=1S/C13H22N2O/c1-13(9-14,11-6-7-11)15-12(16)8-10-4-2-3-5-10/h2,4,10-11H,3,5-9,14H2,1H3,(H,15,16). The van der Waals surface area contributed by atoms with Crippen LogP contribution in [-0.2, 0) is 4.79 Å². The second-order valence-electron chi connectivity index (χ2n) is 5.41. The van der Waals surface area contributed by atoms with Gasteiger partial charge in [0.2, 0.25) is 5.91 Å². The normalized spacial score (nSPS) is 27.8. The predicted octanol–water partition coefficient (Wildman–Crippen LogP) is 1.59. The Morgan fingerprint density at radius 2 is 2.25 bits per heavy atom. The van der Waals surface area contributed by atoms with Gasteiger partial charge in [-0.3, -0.25) is 4.79 Å². The van der Waals surface area contributed by atoms with Crippen molar-refractivity contribution in [3.8, 4) is 0 Å². The lowest BCUT2D eigenvalue weighted by atomic mass is 9.95. The van der Waals surface area contributed by atoms with Gasteiger partial charge in [0.25, 0.3) is 0 Å². The molecule has 3 heteroatoms. The molecule has 1 fully saturated rings. The summed E-state index contributed by atoms with van der Waals surface area (Å²) in [5.74, 6) is 1.21. The summed E-state index contributed by atoms with van der Waals surface area (Å²) in [6, 6.07) is 0. The molecule has 1 saturated carbocycles. The first-order valence-electron chi connectivity index (χ1n) is 6.32. The van der Waals surface area contributed by atoms with Crippen LogP contribution in [0.1, 0.15) is 39.0 Å². The van der Waals surface area contributed by atoms with Gasteiger partial charge in [-0.25, -0.2) is 0 Å². The van der Waals surface area contributed by atoms with Crippen LogP contribution in [0.15, 0.2) is 12.2 Å². The Morgan fingerprint density at radius 3 is 2.75 bits per heavy atom. The highest BCUT2D eigenvalue weighted by molar-refractivity contribution is 5.77. The van der Waals surface area contributed by atoms with E-state index in [4.69, 9.17) is 5.73 Å². The molecule has 0 aliphatic heterocycles. The molecule has 2 unspecified atom stereocenters. The van der Waals surface area contributed by atoms with E-state index >= 15 is 0 Å². The zero-order chi connectivity index (χ0) is 11.6. The summed E-state index contributed by atoms with van der Waals surface area (Å²) < 4.78 is 0. The van der Waals surface area contributed by atoms with Gasteiger partial charge in [-0.1, -0.05) is 12.2 Å². The van der Waals surface area contributed by atoms with Gasteiger partial charge in [0.1, 0.15) is 0 Å². The number of allylic oxidation sites excluding steroid dienone is 2. The number of carbonyl (C=O) groups is 1. The number of nitrogens with two attached hydrogens (primary N) is 1. The summed E-state index contributed by atoms with van der Waals surface area (Å²) in [5, 5.41) is 3.13. The molecular weight excluding hydrogens is 200 g/mol. The van der Waals surface area contributed by atoms with Gasteiger partial charge in [-0.2, -0.15) is 0 Å². The molecule has 0 aromatic carbocycles. The Kier molecular flexibility index (Phi) is 3.33. The van der Waals surface area contributed by atoms with E-state index in [0.29, 0.717) is 24.8 Å². The van der Waals surface area contributed by atoms with Gasteiger partial charge in [-0.05, 0) is 44.4 Å². The van der Waals surface area contributed by atoms with Crippen LogP contribution in [0.4, 0.5) is 0 Å². The van der Waals surface area contributed by atoms with Crippen molar-refractivity contribution in [1.82, 2.24) is 5.32 Å². The lowest BCUT2D eigenvalue weighted by Crippen LogP contribution is -2.53. The average molecular weight is 222 g/mol. The molecule has 0 spiro atoms. The number of hydrogen-bond acceptors (Lipinski definition) is 2. The largest absolute Gasteiger partial charge is 0.349 e. The molecule has 0 saturated heterocycles. The number of hydrogen-bond donors (Lipinski definition) is 2. The van der Waals surface area contributed by atoms with Crippen LogP contribution in [0.25, 0.3) is 0 Å². The van der Waals surface area contributed by atoms with Crippen LogP contribution in [0.5, 0.6) is 0 Å². The summed E-state index contributed by atoms with van der Waals surface area (Å²) in [4.78, 5) is 11.9. The third-order valence-corrected chi connectivity index (χ3v) is 3.89. The molecule has 3 N–H and O–H groups in total. The average Bonchev–Trinajstić information content (AvgIpc) is 3.00. The maximum Gasteiger partial charge on any atom is 0.221 e. The Hall–Kier alpha value is -0.830. The molecule has 16 heavy (non-hydrogen) atoms. The van der Waals surface area contributed by atoms with Crippen molar-refractivity contribution in [3.63, 3.8) is 0 Å². The summed E-state index contributed by atoms with van der Waals surface area (Å²) >= 11 is 0. The van der Waals surface area contributed by atoms with Crippen molar-refractivity contribution >= 4 is 5.91 Å². The molecule has 2 aliphatic rings. The second kappa shape index (κ2) is 4.58. The van der Waals surface area contributed by atoms with E-state index in [0.717, 1.165) is 12.8 Å². The van der Waals surface area contributed by atoms with Gasteiger partial charge in [0.15, 0.2) is 0 Å². The molecule has 2 atom stereocenters. The molecule has 3 nitrogen and oxygen atoms in total. The molecule has 2 aliphatic carbocycles. The van der Waals surface area contributed by atoms with Crippen LogP contribution in [0.3, 0.4) is 0 Å². The van der Waals surface area contributed by atoms with Crippen LogP contribution in [-0.4, -0.2) is 18.0 Å². The predicted molar refractivity (Wildman–Crippen MR) is 64.8 cm³/mol. The Morgan fingerprint density at radius 1 is 1.50 bits per heavy atom. The Balaban J connectivity index is 1.83. The van der Waals surface area contributed by atoms with Crippen molar-refractivity contribution < 1.29 is 4.79 Å². The number of carbonyl (C=O) groups excluding carboxylic acids is 1. The number of amides is 1. The summed E-state index contributed by atoms with van der Waals surface area (Å²) in [6.45, 7) is 2.62. The van der Waals surface area contributed by atoms with E-state index in [1.807, 2.05) is 0 Å². The number of nitrogens with one attached hydrogen (secondary N) is 1. The van der Waals surface area contributed by atoms with Gasteiger partial charge in [0.05, 0.1) is 5.54 Å². The minimum Gasteiger partial charge on any atom is -0.349 e. The molecular formula is C13H22N2O. The van der Waals surface area contributed by atoms with Gasteiger partial charge >= 0.3 is 0 Å². The lowest BCUT2D eigenvalue weighted by molar-refractivity contribution is -0.123. The van der Waals surface area contributed by atoms with Gasteiger partial charge in [0, 0.05) is 13.0 Å². The van der Waals surface area contributed by atoms with Crippen LogP contribution in [0, 0.1) is 11.8 Å². The Labute approximate surface area is 97.5 Å². The highest BCUT2D eigenvalue weighted by Crippen LogP contribution is 2.39. The molecule has 0 aromatic rings. The number of rotatable bonds is 5. The zero-order valence-electron chi connectivity index (χ0n) is 10.0. The topological polar surface area (TPSA) is 55.1 Å². The van der Waals surface area contributed by atoms with E-state index in [1.54, 1.807) is 0 Å². The fourth-order valence-electron chi connectivity index (χ4n) is 2.51. The molecule has 0 aromatic heterocycles. The molecule has 2 rings (SSSR count). The van der Waals surface area contributed by atoms with Crippen molar-refractivity contribution in [1.29, 1.82) is 0 Å². The van der Waals surface area contributed by atoms with E-state index in [2.05, 4.69) is 24.4 Å². The van der Waals surface area contributed by atoms with E-state index in [-0.39, 0.29) is 11.4 Å². The van der Waals surface area contributed by atoms with Crippen LogP contribution in [0.2, 0.25) is 0 Å². The highest BCUT2D eigenvalue weighted by Gasteiger charge is 2.41. The summed E-state index contributed by atoms with van der Waals surface area (Å²) in [5.41, 5.74) is 5.61. The molecule has 1 amide bonds. The van der Waals surface area contributed by atoms with E-state index < -0.39 is 0 Å². The third-order valence-electron chi connectivity index (χ3n) is 3.89. The van der Waals surface area contributed by atoms with E-state index in [1.165, 1.54) is 12.8 Å². The fraction of sp³-hybridized carbons (Fsp3) is 0.769. The van der Waals surface area contributed by atoms with Gasteiger partial charge in [-0.15, -0.1) is 0 Å².